The van der Waals surface area contributed by atoms with Crippen LogP contribution in [0.15, 0.2) is 0 Å². The number of hydrogen-bond donors (Lipinski definition) is 2. The largest absolute Gasteiger partial charge is 0.353 e. The normalized spacial score (nSPS) is 40.1. The SMILES string of the molecule is CCC(=O)NC1CC2(CC(NC)C2)C1. The lowest BCUT2D eigenvalue weighted by molar-refractivity contribution is -0.124. The van der Waals surface area contributed by atoms with Gasteiger partial charge in [-0.15, -0.1) is 0 Å². The van der Waals surface area contributed by atoms with Gasteiger partial charge in [0.1, 0.15) is 0 Å². The Morgan fingerprint density at radius 2 is 1.86 bits per heavy atom. The van der Waals surface area contributed by atoms with Crippen LogP contribution in [0.2, 0.25) is 0 Å². The zero-order chi connectivity index (χ0) is 10.2. The van der Waals surface area contributed by atoms with Crippen molar-refractivity contribution in [1.82, 2.24) is 10.6 Å². The van der Waals surface area contributed by atoms with Crippen LogP contribution in [0.1, 0.15) is 39.0 Å². The predicted octanol–water partition coefficient (Wildman–Crippen LogP) is 1.04. The smallest absolute Gasteiger partial charge is 0.219 e. The topological polar surface area (TPSA) is 41.1 Å². The minimum Gasteiger partial charge on any atom is -0.353 e. The highest BCUT2D eigenvalue weighted by atomic mass is 16.1. The number of hydrogen-bond acceptors (Lipinski definition) is 2. The van der Waals surface area contributed by atoms with E-state index in [0.29, 0.717) is 17.9 Å². The Hall–Kier alpha value is -0.570. The summed E-state index contributed by atoms with van der Waals surface area (Å²) in [7, 11) is 2.03. The van der Waals surface area contributed by atoms with E-state index >= 15 is 0 Å². The Kier molecular flexibility index (Phi) is 2.52. The van der Waals surface area contributed by atoms with Crippen LogP contribution < -0.4 is 10.6 Å². The van der Waals surface area contributed by atoms with Gasteiger partial charge in [-0.25, -0.2) is 0 Å². The average molecular weight is 196 g/mol. The molecule has 1 amide bonds. The molecule has 14 heavy (non-hydrogen) atoms. The summed E-state index contributed by atoms with van der Waals surface area (Å²) in [6.45, 7) is 1.91. The summed E-state index contributed by atoms with van der Waals surface area (Å²) in [6.07, 6.45) is 5.64. The first kappa shape index (κ1) is 9.97. The van der Waals surface area contributed by atoms with Gasteiger partial charge in [0.25, 0.3) is 0 Å². The average Bonchev–Trinajstić information content (AvgIpc) is 2.06. The van der Waals surface area contributed by atoms with Gasteiger partial charge in [0.15, 0.2) is 0 Å². The molecule has 2 fully saturated rings. The van der Waals surface area contributed by atoms with Crippen LogP contribution in [0.4, 0.5) is 0 Å². The standard InChI is InChI=1S/C11H20N2O/c1-3-10(14)13-9-6-11(7-9)4-8(5-11)12-2/h8-9,12H,3-7H2,1-2H3,(H,13,14). The maximum absolute atomic E-state index is 11.1. The van der Waals surface area contributed by atoms with E-state index in [2.05, 4.69) is 10.6 Å². The zero-order valence-electron chi connectivity index (χ0n) is 9.10. The number of carbonyl (C=O) groups excluding carboxylic acids is 1. The summed E-state index contributed by atoms with van der Waals surface area (Å²) in [4.78, 5) is 11.1. The van der Waals surface area contributed by atoms with Crippen LogP contribution in [0, 0.1) is 5.41 Å². The van der Waals surface area contributed by atoms with E-state index in [1.807, 2.05) is 14.0 Å². The van der Waals surface area contributed by atoms with Gasteiger partial charge in [-0.05, 0) is 38.1 Å². The highest BCUT2D eigenvalue weighted by Gasteiger charge is 2.52. The molecule has 0 radical (unpaired) electrons. The van der Waals surface area contributed by atoms with Gasteiger partial charge in [0.2, 0.25) is 5.91 Å². The lowest BCUT2D eigenvalue weighted by atomic mass is 9.52. The molecule has 2 aliphatic carbocycles. The second kappa shape index (κ2) is 3.54. The van der Waals surface area contributed by atoms with Crippen LogP contribution in [0.3, 0.4) is 0 Å². The molecule has 0 aromatic heterocycles. The third-order valence-corrected chi connectivity index (χ3v) is 3.81. The molecule has 80 valence electrons. The Bertz CT molecular complexity index is 225. The summed E-state index contributed by atoms with van der Waals surface area (Å²) in [6, 6.07) is 1.21. The summed E-state index contributed by atoms with van der Waals surface area (Å²) >= 11 is 0. The highest BCUT2D eigenvalue weighted by molar-refractivity contribution is 5.76. The first-order chi connectivity index (χ1) is 6.67. The van der Waals surface area contributed by atoms with Gasteiger partial charge in [-0.3, -0.25) is 4.79 Å². The van der Waals surface area contributed by atoms with Crippen molar-refractivity contribution in [2.45, 2.75) is 51.1 Å². The first-order valence-electron chi connectivity index (χ1n) is 5.64. The Morgan fingerprint density at radius 3 is 2.36 bits per heavy atom. The second-order valence-corrected chi connectivity index (χ2v) is 4.92. The summed E-state index contributed by atoms with van der Waals surface area (Å²) in [5.74, 6) is 0.203. The molecule has 1 spiro atoms. The molecule has 3 nitrogen and oxygen atoms in total. The number of carbonyl (C=O) groups is 1. The molecule has 0 bridgehead atoms. The molecule has 2 aliphatic rings. The van der Waals surface area contributed by atoms with Crippen LogP contribution >= 0.6 is 0 Å². The maximum atomic E-state index is 11.1. The first-order valence-corrected chi connectivity index (χ1v) is 5.64. The van der Waals surface area contributed by atoms with E-state index in [-0.39, 0.29) is 5.91 Å². The monoisotopic (exact) mass is 196 g/mol. The molecule has 0 aromatic rings. The summed E-state index contributed by atoms with van der Waals surface area (Å²) in [5, 5.41) is 6.37. The van der Waals surface area contributed by atoms with E-state index in [0.717, 1.165) is 6.04 Å². The Labute approximate surface area is 85.6 Å². The van der Waals surface area contributed by atoms with Gasteiger partial charge in [0, 0.05) is 18.5 Å². The molecule has 0 unspecified atom stereocenters. The summed E-state index contributed by atoms with van der Waals surface area (Å²) in [5.41, 5.74) is 0.597. The van der Waals surface area contributed by atoms with Gasteiger partial charge in [-0.2, -0.15) is 0 Å². The fourth-order valence-electron chi connectivity index (χ4n) is 2.94. The molecule has 0 aromatic carbocycles. The van der Waals surface area contributed by atoms with E-state index in [4.69, 9.17) is 0 Å². The Morgan fingerprint density at radius 1 is 1.29 bits per heavy atom. The van der Waals surface area contributed by atoms with E-state index in [1.54, 1.807) is 0 Å². The third kappa shape index (κ3) is 1.65. The number of nitrogens with one attached hydrogen (secondary N) is 2. The fraction of sp³-hybridized carbons (Fsp3) is 0.909. The highest BCUT2D eigenvalue weighted by Crippen LogP contribution is 2.55. The maximum Gasteiger partial charge on any atom is 0.219 e. The van der Waals surface area contributed by atoms with Gasteiger partial charge < -0.3 is 10.6 Å². The molecule has 2 N–H and O–H groups in total. The molecule has 0 heterocycles. The second-order valence-electron chi connectivity index (χ2n) is 4.92. The van der Waals surface area contributed by atoms with Crippen LogP contribution in [0.5, 0.6) is 0 Å². The molecule has 2 saturated carbocycles. The minimum atomic E-state index is 0.203. The van der Waals surface area contributed by atoms with E-state index in [9.17, 15) is 4.79 Å². The van der Waals surface area contributed by atoms with Crippen LogP contribution in [-0.2, 0) is 4.79 Å². The number of rotatable bonds is 3. The van der Waals surface area contributed by atoms with Crippen LogP contribution in [-0.4, -0.2) is 25.0 Å². The Balaban J connectivity index is 1.68. The minimum absolute atomic E-state index is 0.203. The van der Waals surface area contributed by atoms with Crippen LogP contribution in [0.25, 0.3) is 0 Å². The molecule has 0 saturated heterocycles. The van der Waals surface area contributed by atoms with Crippen molar-refractivity contribution in [2.75, 3.05) is 7.05 Å². The molecule has 0 aliphatic heterocycles. The summed E-state index contributed by atoms with van der Waals surface area (Å²) < 4.78 is 0. The van der Waals surface area contributed by atoms with E-state index < -0.39 is 0 Å². The molecule has 3 heteroatoms. The van der Waals surface area contributed by atoms with Crippen molar-refractivity contribution < 1.29 is 4.79 Å². The number of amides is 1. The quantitative estimate of drug-likeness (QED) is 0.708. The van der Waals surface area contributed by atoms with Crippen molar-refractivity contribution in [3.8, 4) is 0 Å². The van der Waals surface area contributed by atoms with Crippen molar-refractivity contribution in [1.29, 1.82) is 0 Å². The zero-order valence-corrected chi connectivity index (χ0v) is 9.10. The fourth-order valence-corrected chi connectivity index (χ4v) is 2.94. The van der Waals surface area contributed by atoms with Crippen molar-refractivity contribution in [3.63, 3.8) is 0 Å². The van der Waals surface area contributed by atoms with E-state index in [1.165, 1.54) is 25.7 Å². The predicted molar refractivity (Wildman–Crippen MR) is 56.0 cm³/mol. The molecular formula is C11H20N2O. The third-order valence-electron chi connectivity index (χ3n) is 3.81. The lowest BCUT2D eigenvalue weighted by Crippen LogP contribution is -2.60. The molecule has 0 atom stereocenters. The van der Waals surface area contributed by atoms with Crippen molar-refractivity contribution in [2.24, 2.45) is 5.41 Å². The van der Waals surface area contributed by atoms with Crippen molar-refractivity contribution in [3.05, 3.63) is 0 Å². The van der Waals surface area contributed by atoms with Crippen molar-refractivity contribution >= 4 is 5.91 Å². The van der Waals surface area contributed by atoms with Gasteiger partial charge in [0.05, 0.1) is 0 Å². The lowest BCUT2D eigenvalue weighted by Gasteiger charge is -2.57. The molecular weight excluding hydrogens is 176 g/mol. The molecule has 2 rings (SSSR count). The van der Waals surface area contributed by atoms with Gasteiger partial charge >= 0.3 is 0 Å². The van der Waals surface area contributed by atoms with Gasteiger partial charge in [-0.1, -0.05) is 6.92 Å².